The largest absolute Gasteiger partial charge is 0.295 e. The molecule has 0 bridgehead atoms. The maximum atomic E-state index is 12.2. The van der Waals surface area contributed by atoms with Crippen molar-refractivity contribution in [2.45, 2.75) is 17.6 Å². The van der Waals surface area contributed by atoms with Crippen LogP contribution in [0.1, 0.15) is 22.8 Å². The molecule has 2 aromatic carbocycles. The van der Waals surface area contributed by atoms with Crippen LogP contribution in [-0.4, -0.2) is 26.5 Å². The van der Waals surface area contributed by atoms with Gasteiger partial charge in [0.1, 0.15) is 0 Å². The number of hydrogen-bond donors (Lipinski definition) is 1. The van der Waals surface area contributed by atoms with Crippen molar-refractivity contribution in [1.82, 2.24) is 4.72 Å². The van der Waals surface area contributed by atoms with Crippen LogP contribution >= 0.6 is 23.4 Å². The Morgan fingerprint density at radius 3 is 2.29 bits per heavy atom. The molecule has 0 aliphatic carbocycles. The molecule has 0 radical (unpaired) electrons. The molecule has 0 aliphatic rings. The molecule has 0 atom stereocenters. The van der Waals surface area contributed by atoms with Crippen LogP contribution in [0.2, 0.25) is 5.02 Å². The number of halogens is 1. The Bertz CT molecular complexity index is 788. The minimum Gasteiger partial charge on any atom is -0.295 e. The lowest BCUT2D eigenvalue weighted by molar-refractivity contribution is 0.101. The van der Waals surface area contributed by atoms with E-state index in [0.29, 0.717) is 22.9 Å². The van der Waals surface area contributed by atoms with Gasteiger partial charge in [0.2, 0.25) is 10.0 Å². The fraction of sp³-hybridized carbons (Fsp3) is 0.235. The Kier molecular flexibility index (Phi) is 6.86. The highest BCUT2D eigenvalue weighted by Crippen LogP contribution is 2.15. The summed E-state index contributed by atoms with van der Waals surface area (Å²) in [7, 11) is -3.55. The first-order valence-corrected chi connectivity index (χ1v) is 10.3. The molecule has 0 aliphatic heterocycles. The number of Topliss-reactive ketones (excluding diaryl/α,β-unsaturated/α-hetero) is 1. The number of nitrogens with one attached hydrogen (secondary N) is 1. The molecule has 1 N–H and O–H groups in total. The highest BCUT2D eigenvalue weighted by molar-refractivity contribution is 7.98. The average molecular weight is 384 g/mol. The van der Waals surface area contributed by atoms with Gasteiger partial charge in [-0.25, -0.2) is 13.1 Å². The van der Waals surface area contributed by atoms with Crippen molar-refractivity contribution in [3.63, 3.8) is 0 Å². The van der Waals surface area contributed by atoms with E-state index < -0.39 is 10.0 Å². The summed E-state index contributed by atoms with van der Waals surface area (Å²) in [6.07, 6.45) is 0. The zero-order valence-electron chi connectivity index (χ0n) is 13.2. The molecular weight excluding hydrogens is 366 g/mol. The lowest BCUT2D eigenvalue weighted by Gasteiger charge is -2.07. The molecule has 24 heavy (non-hydrogen) atoms. The van der Waals surface area contributed by atoms with Crippen molar-refractivity contribution < 1.29 is 13.2 Å². The number of carbonyl (C=O) groups is 1. The van der Waals surface area contributed by atoms with Crippen LogP contribution < -0.4 is 4.72 Å². The van der Waals surface area contributed by atoms with Crippen molar-refractivity contribution >= 4 is 39.2 Å². The van der Waals surface area contributed by atoms with Crippen LogP contribution in [0.5, 0.6) is 0 Å². The molecule has 4 nitrogen and oxygen atoms in total. The van der Waals surface area contributed by atoms with Gasteiger partial charge in [0, 0.05) is 28.6 Å². The van der Waals surface area contributed by atoms with E-state index in [1.54, 1.807) is 11.8 Å². The van der Waals surface area contributed by atoms with Crippen molar-refractivity contribution in [1.29, 1.82) is 0 Å². The highest BCUT2D eigenvalue weighted by atomic mass is 35.5. The summed E-state index contributed by atoms with van der Waals surface area (Å²) in [5.41, 5.74) is 1.64. The summed E-state index contributed by atoms with van der Waals surface area (Å²) in [4.78, 5) is 11.4. The van der Waals surface area contributed by atoms with Crippen LogP contribution in [0.3, 0.4) is 0 Å². The molecule has 0 heterocycles. The number of thioether (sulfide) groups is 1. The second kappa shape index (κ2) is 8.67. The van der Waals surface area contributed by atoms with E-state index in [1.807, 2.05) is 24.3 Å². The number of ketones is 1. The number of benzene rings is 2. The van der Waals surface area contributed by atoms with Gasteiger partial charge in [0.15, 0.2) is 5.78 Å². The van der Waals surface area contributed by atoms with Gasteiger partial charge in [0.25, 0.3) is 0 Å². The van der Waals surface area contributed by atoms with Crippen LogP contribution in [0.15, 0.2) is 53.4 Å². The van der Waals surface area contributed by atoms with Gasteiger partial charge in [-0.15, -0.1) is 0 Å². The molecule has 2 aromatic rings. The van der Waals surface area contributed by atoms with Crippen molar-refractivity contribution in [2.24, 2.45) is 0 Å². The van der Waals surface area contributed by atoms with E-state index in [-0.39, 0.29) is 10.7 Å². The number of sulfonamides is 1. The number of rotatable bonds is 8. The summed E-state index contributed by atoms with van der Waals surface area (Å²) in [6.45, 7) is 1.79. The van der Waals surface area contributed by atoms with Gasteiger partial charge in [-0.05, 0) is 36.8 Å². The summed E-state index contributed by atoms with van der Waals surface area (Å²) >= 11 is 7.47. The van der Waals surface area contributed by atoms with Crippen LogP contribution in [0.4, 0.5) is 0 Å². The topological polar surface area (TPSA) is 63.2 Å². The fourth-order valence-electron chi connectivity index (χ4n) is 1.97. The van der Waals surface area contributed by atoms with Gasteiger partial charge < -0.3 is 0 Å². The average Bonchev–Trinajstić information content (AvgIpc) is 2.56. The molecule has 0 saturated carbocycles. The summed E-state index contributed by atoms with van der Waals surface area (Å²) in [6, 6.07) is 13.5. The van der Waals surface area contributed by atoms with E-state index in [0.717, 1.165) is 11.3 Å². The predicted molar refractivity (Wildman–Crippen MR) is 99.2 cm³/mol. The summed E-state index contributed by atoms with van der Waals surface area (Å²) in [5, 5.41) is 0.701. The lowest BCUT2D eigenvalue weighted by Crippen LogP contribution is -2.26. The second-order valence-electron chi connectivity index (χ2n) is 5.16. The maximum Gasteiger partial charge on any atom is 0.240 e. The number of hydrogen-bond acceptors (Lipinski definition) is 4. The van der Waals surface area contributed by atoms with Gasteiger partial charge >= 0.3 is 0 Å². The van der Waals surface area contributed by atoms with Gasteiger partial charge in [-0.2, -0.15) is 11.8 Å². The van der Waals surface area contributed by atoms with E-state index in [9.17, 15) is 13.2 Å². The first-order valence-electron chi connectivity index (χ1n) is 7.31. The Labute approximate surface area is 151 Å². The lowest BCUT2D eigenvalue weighted by atomic mass is 10.2. The third-order valence-corrected chi connectivity index (χ3v) is 6.05. The minimum atomic E-state index is -3.55. The first kappa shape index (κ1) is 19.0. The third-order valence-electron chi connectivity index (χ3n) is 3.29. The summed E-state index contributed by atoms with van der Waals surface area (Å²) in [5.74, 6) is 1.37. The highest BCUT2D eigenvalue weighted by Gasteiger charge is 2.13. The molecule has 7 heteroatoms. The van der Waals surface area contributed by atoms with Crippen molar-refractivity contribution in [3.8, 4) is 0 Å². The van der Waals surface area contributed by atoms with Gasteiger partial charge in [0.05, 0.1) is 4.90 Å². The SMILES string of the molecule is CC(=O)c1ccc(S(=O)(=O)NCCSCc2ccc(Cl)cc2)cc1. The van der Waals surface area contributed by atoms with Gasteiger partial charge in [-0.1, -0.05) is 35.9 Å². The van der Waals surface area contributed by atoms with E-state index in [1.165, 1.54) is 31.2 Å². The molecule has 0 unspecified atom stereocenters. The smallest absolute Gasteiger partial charge is 0.240 e. The molecule has 128 valence electrons. The van der Waals surface area contributed by atoms with Crippen molar-refractivity contribution in [3.05, 3.63) is 64.7 Å². The molecule has 0 fully saturated rings. The van der Waals surface area contributed by atoms with E-state index in [2.05, 4.69) is 4.72 Å². The predicted octanol–water partition coefficient (Wildman–Crippen LogP) is 3.75. The maximum absolute atomic E-state index is 12.2. The van der Waals surface area contributed by atoms with Gasteiger partial charge in [-0.3, -0.25) is 4.79 Å². The third kappa shape index (κ3) is 5.63. The molecule has 0 saturated heterocycles. The van der Waals surface area contributed by atoms with Crippen LogP contribution in [0, 0.1) is 0 Å². The minimum absolute atomic E-state index is 0.0921. The zero-order valence-corrected chi connectivity index (χ0v) is 15.5. The Hall–Kier alpha value is -1.34. The molecule has 0 spiro atoms. The zero-order chi connectivity index (χ0) is 17.6. The summed E-state index contributed by atoms with van der Waals surface area (Å²) < 4.78 is 26.9. The monoisotopic (exact) mass is 383 g/mol. The first-order chi connectivity index (χ1) is 11.4. The fourth-order valence-corrected chi connectivity index (χ4v) is 4.08. The van der Waals surface area contributed by atoms with E-state index >= 15 is 0 Å². The quantitative estimate of drug-likeness (QED) is 0.557. The Morgan fingerprint density at radius 2 is 1.71 bits per heavy atom. The van der Waals surface area contributed by atoms with Crippen LogP contribution in [-0.2, 0) is 15.8 Å². The molecular formula is C17H18ClNO3S2. The van der Waals surface area contributed by atoms with E-state index in [4.69, 9.17) is 11.6 Å². The van der Waals surface area contributed by atoms with Crippen molar-refractivity contribution in [2.75, 3.05) is 12.3 Å². The number of carbonyl (C=O) groups excluding carboxylic acids is 1. The Morgan fingerprint density at radius 1 is 1.08 bits per heavy atom. The molecule has 2 rings (SSSR count). The second-order valence-corrected chi connectivity index (χ2v) is 8.47. The molecule has 0 amide bonds. The Balaban J connectivity index is 1.80. The molecule has 0 aromatic heterocycles. The van der Waals surface area contributed by atoms with Crippen LogP contribution in [0.25, 0.3) is 0 Å². The standard InChI is InChI=1S/C17H18ClNO3S2/c1-13(20)15-4-8-17(9-5-15)24(21,22)19-10-11-23-12-14-2-6-16(18)7-3-14/h2-9,19H,10-12H2,1H3. The normalized spacial score (nSPS) is 11.4.